The number of carbonyl (C=O) groups is 6. The Hall–Kier alpha value is -3.26. The van der Waals surface area contributed by atoms with Crippen LogP contribution in [0.25, 0.3) is 0 Å². The van der Waals surface area contributed by atoms with Gasteiger partial charge >= 0.3 is 35.8 Å². The fourth-order valence-corrected chi connectivity index (χ4v) is 6.62. The highest BCUT2D eigenvalue weighted by molar-refractivity contribution is 5.82. The molecule has 308 valence electrons. The van der Waals surface area contributed by atoms with Gasteiger partial charge in [-0.25, -0.2) is 0 Å². The first-order chi connectivity index (χ1) is 24.7. The highest BCUT2D eigenvalue weighted by Gasteiger charge is 2.48. The number of ether oxygens (including phenoxy) is 6. The molecule has 0 saturated heterocycles. The standard InChI is InChI=1S/C39H70N2O12/c1-13-16-19-51-31(43)29(23-39(9,35(47)53-21-18-15-3)27-37(6,7)33(45)52-20-17-14-2)25-41-40-24-28(30(42)48-10)22-38(8,34(46)50-12)26-36(4,5)32(44)49-11/h28-29,40-41H,13-27H2,1-12H3. The summed E-state index contributed by atoms with van der Waals surface area (Å²) >= 11 is 0. The van der Waals surface area contributed by atoms with E-state index in [1.807, 2.05) is 20.8 Å². The number of carbonyl (C=O) groups excluding carboxylic acids is 6. The van der Waals surface area contributed by atoms with Gasteiger partial charge < -0.3 is 28.4 Å². The van der Waals surface area contributed by atoms with E-state index in [1.54, 1.807) is 41.5 Å². The summed E-state index contributed by atoms with van der Waals surface area (Å²) in [6.07, 6.45) is 4.56. The maximum absolute atomic E-state index is 13.7. The Morgan fingerprint density at radius 3 is 1.28 bits per heavy atom. The fraction of sp³-hybridized carbons (Fsp3) is 0.846. The van der Waals surface area contributed by atoms with Crippen molar-refractivity contribution >= 4 is 35.8 Å². The smallest absolute Gasteiger partial charge is 0.311 e. The number of hydrogen-bond donors (Lipinski definition) is 2. The van der Waals surface area contributed by atoms with Crippen molar-refractivity contribution in [2.24, 2.45) is 33.5 Å². The van der Waals surface area contributed by atoms with Gasteiger partial charge in [-0.1, -0.05) is 40.0 Å². The van der Waals surface area contributed by atoms with Crippen LogP contribution >= 0.6 is 0 Å². The van der Waals surface area contributed by atoms with Crippen LogP contribution in [-0.2, 0) is 57.2 Å². The Morgan fingerprint density at radius 1 is 0.491 bits per heavy atom. The summed E-state index contributed by atoms with van der Waals surface area (Å²) in [5, 5.41) is 0. The molecule has 0 amide bonds. The van der Waals surface area contributed by atoms with Gasteiger partial charge in [0.1, 0.15) is 0 Å². The maximum atomic E-state index is 13.7. The lowest BCUT2D eigenvalue weighted by Crippen LogP contribution is -2.47. The Labute approximate surface area is 317 Å². The molecular formula is C39H70N2O12. The monoisotopic (exact) mass is 758 g/mol. The van der Waals surface area contributed by atoms with Crippen molar-refractivity contribution in [3.8, 4) is 0 Å². The molecule has 0 aliphatic rings. The summed E-state index contributed by atoms with van der Waals surface area (Å²) in [6, 6.07) is 0. The van der Waals surface area contributed by atoms with E-state index in [0.29, 0.717) is 19.3 Å². The number of hydrogen-bond acceptors (Lipinski definition) is 14. The van der Waals surface area contributed by atoms with Gasteiger partial charge in [0.15, 0.2) is 0 Å². The topological polar surface area (TPSA) is 182 Å². The summed E-state index contributed by atoms with van der Waals surface area (Å²) in [5.41, 5.74) is 1.31. The SMILES string of the molecule is CCCCOC(=O)C(CNNCC(CC(C)(CC(C)(C)C(=O)OC)C(=O)OC)C(=O)OC)CC(C)(CC(C)(C)C(=O)OCCCC)C(=O)OCCCC. The largest absolute Gasteiger partial charge is 0.469 e. The normalized spacial score (nSPS) is 15.2. The van der Waals surface area contributed by atoms with E-state index < -0.39 is 69.3 Å². The molecule has 0 radical (unpaired) electrons. The number of rotatable bonds is 28. The molecule has 0 fully saturated rings. The summed E-state index contributed by atoms with van der Waals surface area (Å²) in [7, 11) is 3.74. The fourth-order valence-electron chi connectivity index (χ4n) is 6.62. The summed E-state index contributed by atoms with van der Waals surface area (Å²) in [5.74, 6) is -4.96. The molecule has 0 aromatic heterocycles. The highest BCUT2D eigenvalue weighted by atomic mass is 16.5. The van der Waals surface area contributed by atoms with Gasteiger partial charge in [-0.05, 0) is 86.5 Å². The number of hydrazine groups is 1. The molecule has 14 nitrogen and oxygen atoms in total. The zero-order valence-corrected chi connectivity index (χ0v) is 34.7. The lowest BCUT2D eigenvalue weighted by atomic mass is 9.69. The number of nitrogens with one attached hydrogen (secondary N) is 2. The predicted molar refractivity (Wildman–Crippen MR) is 199 cm³/mol. The number of esters is 6. The Bertz CT molecular complexity index is 1170. The van der Waals surface area contributed by atoms with Gasteiger partial charge in [0.25, 0.3) is 0 Å². The van der Waals surface area contributed by atoms with Gasteiger partial charge in [0, 0.05) is 13.1 Å². The molecule has 4 unspecified atom stereocenters. The van der Waals surface area contributed by atoms with E-state index in [2.05, 4.69) is 10.9 Å². The van der Waals surface area contributed by atoms with Gasteiger partial charge in [0.05, 0.1) is 74.6 Å². The highest BCUT2D eigenvalue weighted by Crippen LogP contribution is 2.42. The molecule has 14 heteroatoms. The average molecular weight is 759 g/mol. The molecule has 4 atom stereocenters. The van der Waals surface area contributed by atoms with E-state index in [1.165, 1.54) is 21.3 Å². The first-order valence-corrected chi connectivity index (χ1v) is 19.0. The molecule has 0 aromatic carbocycles. The second-order valence-electron chi connectivity index (χ2n) is 15.8. The van der Waals surface area contributed by atoms with E-state index in [9.17, 15) is 28.8 Å². The minimum atomic E-state index is -1.28. The van der Waals surface area contributed by atoms with Crippen molar-refractivity contribution in [2.75, 3.05) is 54.2 Å². The van der Waals surface area contributed by atoms with Crippen molar-refractivity contribution in [1.29, 1.82) is 0 Å². The third kappa shape index (κ3) is 17.2. The Morgan fingerprint density at radius 2 is 0.868 bits per heavy atom. The second-order valence-corrected chi connectivity index (χ2v) is 15.8. The van der Waals surface area contributed by atoms with Crippen molar-refractivity contribution in [2.45, 2.75) is 127 Å². The summed E-state index contributed by atoms with van der Waals surface area (Å²) in [6.45, 7) is 16.6. The van der Waals surface area contributed by atoms with Crippen LogP contribution in [0.1, 0.15) is 127 Å². The quantitative estimate of drug-likeness (QED) is 0.0442. The van der Waals surface area contributed by atoms with Crippen LogP contribution in [0.2, 0.25) is 0 Å². The zero-order valence-electron chi connectivity index (χ0n) is 34.7. The average Bonchev–Trinajstić information content (AvgIpc) is 3.10. The van der Waals surface area contributed by atoms with Crippen LogP contribution < -0.4 is 10.9 Å². The molecule has 0 aromatic rings. The minimum Gasteiger partial charge on any atom is -0.469 e. The van der Waals surface area contributed by atoms with Crippen molar-refractivity contribution in [1.82, 2.24) is 10.9 Å². The van der Waals surface area contributed by atoms with Crippen LogP contribution in [0.15, 0.2) is 0 Å². The van der Waals surface area contributed by atoms with E-state index in [0.717, 1.165) is 19.3 Å². The van der Waals surface area contributed by atoms with Gasteiger partial charge in [-0.3, -0.25) is 39.6 Å². The van der Waals surface area contributed by atoms with Crippen molar-refractivity contribution in [3.63, 3.8) is 0 Å². The first-order valence-electron chi connectivity index (χ1n) is 19.0. The molecule has 0 aliphatic carbocycles. The van der Waals surface area contributed by atoms with Crippen LogP contribution in [0.3, 0.4) is 0 Å². The van der Waals surface area contributed by atoms with Crippen LogP contribution in [0, 0.1) is 33.5 Å². The van der Waals surface area contributed by atoms with Crippen LogP contribution in [0.5, 0.6) is 0 Å². The maximum Gasteiger partial charge on any atom is 0.311 e. The van der Waals surface area contributed by atoms with Gasteiger partial charge in [-0.15, -0.1) is 0 Å². The molecule has 0 heterocycles. The lowest BCUT2D eigenvalue weighted by Gasteiger charge is -2.36. The molecule has 0 saturated carbocycles. The molecule has 0 bridgehead atoms. The molecule has 0 rings (SSSR count). The molecule has 0 spiro atoms. The third-order valence-electron chi connectivity index (χ3n) is 9.41. The van der Waals surface area contributed by atoms with E-state index in [4.69, 9.17) is 28.4 Å². The Balaban J connectivity index is 6.35. The molecule has 53 heavy (non-hydrogen) atoms. The lowest BCUT2D eigenvalue weighted by molar-refractivity contribution is -0.166. The first kappa shape index (κ1) is 49.7. The number of methoxy groups -OCH3 is 3. The summed E-state index contributed by atoms with van der Waals surface area (Å²) in [4.78, 5) is 79.0. The van der Waals surface area contributed by atoms with Crippen LogP contribution in [-0.4, -0.2) is 90.1 Å². The van der Waals surface area contributed by atoms with E-state index in [-0.39, 0.29) is 58.6 Å². The predicted octanol–water partition coefficient (Wildman–Crippen LogP) is 5.49. The third-order valence-corrected chi connectivity index (χ3v) is 9.41. The molecular weight excluding hydrogens is 688 g/mol. The molecule has 0 aliphatic heterocycles. The van der Waals surface area contributed by atoms with Gasteiger partial charge in [-0.2, -0.15) is 0 Å². The van der Waals surface area contributed by atoms with Gasteiger partial charge in [0.2, 0.25) is 0 Å². The second kappa shape index (κ2) is 24.2. The summed E-state index contributed by atoms with van der Waals surface area (Å²) < 4.78 is 31.9. The minimum absolute atomic E-state index is 0.00722. The van der Waals surface area contributed by atoms with Crippen LogP contribution in [0.4, 0.5) is 0 Å². The van der Waals surface area contributed by atoms with Crippen molar-refractivity contribution < 1.29 is 57.2 Å². The molecule has 2 N–H and O–H groups in total. The zero-order chi connectivity index (χ0) is 40.9. The van der Waals surface area contributed by atoms with Crippen molar-refractivity contribution in [3.05, 3.63) is 0 Å². The number of unbranched alkanes of at least 4 members (excludes halogenated alkanes) is 3. The Kier molecular flexibility index (Phi) is 22.7. The van der Waals surface area contributed by atoms with E-state index >= 15 is 0 Å².